The molecule has 0 aliphatic carbocycles. The average molecular weight is 289 g/mol. The molecule has 0 radical (unpaired) electrons. The molecule has 0 bridgehead atoms. The van der Waals surface area contributed by atoms with Crippen LogP contribution in [0.2, 0.25) is 0 Å². The highest BCUT2D eigenvalue weighted by molar-refractivity contribution is 5.94. The molecule has 0 saturated heterocycles. The number of nitrogens with two attached hydrogens (primary N) is 1. The number of ether oxygens (including phenoxy) is 2. The van der Waals surface area contributed by atoms with Crippen molar-refractivity contribution >= 4 is 24.0 Å². The van der Waals surface area contributed by atoms with Crippen molar-refractivity contribution in [2.24, 2.45) is 5.73 Å². The molecule has 9 heteroatoms. The molecule has 114 valence electrons. The van der Waals surface area contributed by atoms with Crippen LogP contribution in [-0.4, -0.2) is 42.8 Å². The van der Waals surface area contributed by atoms with Gasteiger partial charge in [0.15, 0.2) is 6.61 Å². The van der Waals surface area contributed by atoms with E-state index < -0.39 is 36.2 Å². The first-order valence-corrected chi connectivity index (χ1v) is 5.82. The fourth-order valence-corrected chi connectivity index (χ4v) is 0.973. The van der Waals surface area contributed by atoms with Crippen LogP contribution >= 0.6 is 0 Å². The fraction of sp³-hybridized carbons (Fsp3) is 0.636. The van der Waals surface area contributed by atoms with Crippen LogP contribution in [0, 0.1) is 0 Å². The van der Waals surface area contributed by atoms with E-state index in [1.54, 1.807) is 26.1 Å². The summed E-state index contributed by atoms with van der Waals surface area (Å²) < 4.78 is 9.48. The van der Waals surface area contributed by atoms with E-state index in [0.717, 1.165) is 0 Å². The van der Waals surface area contributed by atoms with Crippen molar-refractivity contribution in [1.29, 1.82) is 0 Å². The number of nitrogens with one attached hydrogen (secondary N) is 2. The fourth-order valence-electron chi connectivity index (χ4n) is 0.973. The maximum absolute atomic E-state index is 11.2. The summed E-state index contributed by atoms with van der Waals surface area (Å²) in [6, 6.07) is -1.03. The van der Waals surface area contributed by atoms with Crippen LogP contribution in [-0.2, 0) is 19.1 Å². The first kappa shape index (κ1) is 17.7. The van der Waals surface area contributed by atoms with Gasteiger partial charge >= 0.3 is 18.1 Å². The predicted molar refractivity (Wildman–Crippen MR) is 67.5 cm³/mol. The lowest BCUT2D eigenvalue weighted by Gasteiger charge is -2.19. The van der Waals surface area contributed by atoms with Crippen LogP contribution in [0.3, 0.4) is 0 Å². The van der Waals surface area contributed by atoms with Gasteiger partial charge in [-0.05, 0) is 20.8 Å². The number of primary amides is 1. The Morgan fingerprint density at radius 3 is 2.25 bits per heavy atom. The summed E-state index contributed by atoms with van der Waals surface area (Å²) in [6.45, 7) is 4.51. The van der Waals surface area contributed by atoms with Crippen molar-refractivity contribution in [3.05, 3.63) is 0 Å². The normalized spacial score (nSPS) is 10.3. The molecule has 0 heterocycles. The van der Waals surface area contributed by atoms with Crippen LogP contribution in [0.1, 0.15) is 27.2 Å². The topological polar surface area (TPSA) is 137 Å². The second kappa shape index (κ2) is 7.97. The van der Waals surface area contributed by atoms with Gasteiger partial charge in [-0.25, -0.2) is 9.59 Å². The number of carbonyl (C=O) groups is 4. The van der Waals surface area contributed by atoms with Crippen LogP contribution in [0.5, 0.6) is 0 Å². The molecular formula is C11H19N3O6. The Balaban J connectivity index is 3.76. The molecule has 0 aromatic carbocycles. The van der Waals surface area contributed by atoms with E-state index >= 15 is 0 Å². The smallest absolute Gasteiger partial charge is 0.407 e. The van der Waals surface area contributed by atoms with Gasteiger partial charge in [0.25, 0.3) is 5.91 Å². The first-order chi connectivity index (χ1) is 9.10. The molecule has 4 N–H and O–H groups in total. The molecule has 0 fully saturated rings. The maximum Gasteiger partial charge on any atom is 0.407 e. The number of imide groups is 1. The summed E-state index contributed by atoms with van der Waals surface area (Å²) in [6.07, 6.45) is -0.792. The zero-order valence-electron chi connectivity index (χ0n) is 11.6. The Labute approximate surface area is 116 Å². The van der Waals surface area contributed by atoms with E-state index in [2.05, 4.69) is 10.1 Å². The molecule has 0 spiro atoms. The SMILES string of the molecule is CC(C)(C)OC(=O)NCCC(=O)OCC(=O)NC(N)=O. The number of hydrogen-bond acceptors (Lipinski definition) is 6. The van der Waals surface area contributed by atoms with E-state index in [1.807, 2.05) is 0 Å². The molecule has 9 nitrogen and oxygen atoms in total. The summed E-state index contributed by atoms with van der Waals surface area (Å²) in [5.74, 6) is -1.54. The maximum atomic E-state index is 11.2. The van der Waals surface area contributed by atoms with Gasteiger partial charge in [-0.3, -0.25) is 14.9 Å². The number of esters is 1. The predicted octanol–water partition coefficient (Wildman–Crippen LogP) is -0.361. The molecule has 0 atom stereocenters. The molecule has 0 aromatic rings. The van der Waals surface area contributed by atoms with Gasteiger partial charge in [0.05, 0.1) is 6.42 Å². The Bertz CT molecular complexity index is 388. The Morgan fingerprint density at radius 2 is 1.75 bits per heavy atom. The van der Waals surface area contributed by atoms with Gasteiger partial charge in [-0.15, -0.1) is 0 Å². The average Bonchev–Trinajstić information content (AvgIpc) is 2.22. The molecule has 0 rings (SSSR count). The number of urea groups is 1. The molecule has 0 aliphatic rings. The molecule has 20 heavy (non-hydrogen) atoms. The molecule has 0 aliphatic heterocycles. The van der Waals surface area contributed by atoms with Crippen molar-refractivity contribution in [2.45, 2.75) is 32.8 Å². The highest BCUT2D eigenvalue weighted by Crippen LogP contribution is 2.06. The van der Waals surface area contributed by atoms with Crippen LogP contribution in [0.4, 0.5) is 9.59 Å². The summed E-state index contributed by atoms with van der Waals surface area (Å²) in [4.78, 5) is 43.6. The minimum absolute atomic E-state index is 0.00514. The van der Waals surface area contributed by atoms with Gasteiger partial charge in [0, 0.05) is 6.54 Å². The monoisotopic (exact) mass is 289 g/mol. The van der Waals surface area contributed by atoms with Gasteiger partial charge in [0.2, 0.25) is 0 Å². The van der Waals surface area contributed by atoms with E-state index in [4.69, 9.17) is 10.5 Å². The van der Waals surface area contributed by atoms with Gasteiger partial charge in [-0.2, -0.15) is 0 Å². The van der Waals surface area contributed by atoms with Crippen LogP contribution in [0.25, 0.3) is 0 Å². The van der Waals surface area contributed by atoms with Crippen LogP contribution < -0.4 is 16.4 Å². The minimum atomic E-state index is -1.03. The lowest BCUT2D eigenvalue weighted by Crippen LogP contribution is -2.38. The quantitative estimate of drug-likeness (QED) is 0.591. The Morgan fingerprint density at radius 1 is 1.15 bits per heavy atom. The lowest BCUT2D eigenvalue weighted by molar-refractivity contribution is -0.148. The van der Waals surface area contributed by atoms with Crippen molar-refractivity contribution in [2.75, 3.05) is 13.2 Å². The minimum Gasteiger partial charge on any atom is -0.456 e. The third kappa shape index (κ3) is 10.8. The first-order valence-electron chi connectivity index (χ1n) is 5.82. The molecular weight excluding hydrogens is 270 g/mol. The van der Waals surface area contributed by atoms with E-state index in [0.29, 0.717) is 0 Å². The highest BCUT2D eigenvalue weighted by atomic mass is 16.6. The third-order valence-electron chi connectivity index (χ3n) is 1.62. The number of hydrogen-bond donors (Lipinski definition) is 3. The van der Waals surface area contributed by atoms with Crippen LogP contribution in [0.15, 0.2) is 0 Å². The van der Waals surface area contributed by atoms with E-state index in [1.165, 1.54) is 0 Å². The standard InChI is InChI=1S/C11H19N3O6/c1-11(2,3)20-10(18)13-5-4-8(16)19-6-7(15)14-9(12)17/h4-6H2,1-3H3,(H,13,18)(H3,12,14,15,17). The second-order valence-corrected chi connectivity index (χ2v) is 4.75. The lowest BCUT2D eigenvalue weighted by atomic mass is 10.2. The van der Waals surface area contributed by atoms with E-state index in [9.17, 15) is 19.2 Å². The number of alkyl carbamates (subject to hydrolysis) is 1. The van der Waals surface area contributed by atoms with Gasteiger partial charge < -0.3 is 20.5 Å². The second-order valence-electron chi connectivity index (χ2n) is 4.75. The summed E-state index contributed by atoms with van der Waals surface area (Å²) >= 11 is 0. The Hall–Kier alpha value is -2.32. The van der Waals surface area contributed by atoms with E-state index in [-0.39, 0.29) is 13.0 Å². The molecule has 4 amide bonds. The van der Waals surface area contributed by atoms with Gasteiger partial charge in [0.1, 0.15) is 5.60 Å². The zero-order valence-corrected chi connectivity index (χ0v) is 11.6. The van der Waals surface area contributed by atoms with Crippen molar-refractivity contribution < 1.29 is 28.7 Å². The number of carbonyl (C=O) groups excluding carboxylic acids is 4. The summed E-state index contributed by atoms with van der Waals surface area (Å²) in [5, 5.41) is 4.08. The molecule has 0 unspecified atom stereocenters. The molecule has 0 aromatic heterocycles. The van der Waals surface area contributed by atoms with Crippen molar-refractivity contribution in [3.63, 3.8) is 0 Å². The number of amides is 4. The zero-order chi connectivity index (χ0) is 15.8. The summed E-state index contributed by atoms with van der Waals surface area (Å²) in [5.41, 5.74) is 4.06. The molecule has 0 saturated carbocycles. The van der Waals surface area contributed by atoms with Gasteiger partial charge in [-0.1, -0.05) is 0 Å². The largest absolute Gasteiger partial charge is 0.456 e. The third-order valence-corrected chi connectivity index (χ3v) is 1.62. The van der Waals surface area contributed by atoms with Crippen molar-refractivity contribution in [1.82, 2.24) is 10.6 Å². The number of rotatable bonds is 5. The highest BCUT2D eigenvalue weighted by Gasteiger charge is 2.16. The summed E-state index contributed by atoms with van der Waals surface area (Å²) in [7, 11) is 0. The Kier molecular flexibility index (Phi) is 7.05. The van der Waals surface area contributed by atoms with Crippen molar-refractivity contribution in [3.8, 4) is 0 Å².